The molecule has 3 rings (SSSR count). The highest BCUT2D eigenvalue weighted by Crippen LogP contribution is 2.30. The molecule has 0 fully saturated rings. The van der Waals surface area contributed by atoms with E-state index in [9.17, 15) is 4.79 Å². The lowest BCUT2D eigenvalue weighted by Gasteiger charge is -2.25. The fourth-order valence-electron chi connectivity index (χ4n) is 2.72. The van der Waals surface area contributed by atoms with Crippen LogP contribution in [0.4, 0.5) is 0 Å². The Bertz CT molecular complexity index is 659. The van der Waals surface area contributed by atoms with E-state index in [-0.39, 0.29) is 18.1 Å². The van der Waals surface area contributed by atoms with Crippen LogP contribution in [0.3, 0.4) is 0 Å². The average Bonchev–Trinajstić information content (AvgIpc) is 3.02. The highest BCUT2D eigenvalue weighted by molar-refractivity contribution is 5.94. The van der Waals surface area contributed by atoms with Crippen LogP contribution in [0, 0.1) is 6.92 Å². The van der Waals surface area contributed by atoms with Crippen molar-refractivity contribution >= 4 is 5.91 Å². The zero-order valence-electron chi connectivity index (χ0n) is 12.4. The SMILES string of the molecule is Cc1occc1CNC(=O)c1n[nH]c2c1C[C@@H](C)O[C@H]2C. The monoisotopic (exact) mass is 289 g/mol. The van der Waals surface area contributed by atoms with Gasteiger partial charge in [-0.15, -0.1) is 0 Å². The first-order valence-corrected chi connectivity index (χ1v) is 7.10. The van der Waals surface area contributed by atoms with E-state index in [0.717, 1.165) is 22.6 Å². The summed E-state index contributed by atoms with van der Waals surface area (Å²) >= 11 is 0. The molecule has 3 heterocycles. The second-order valence-corrected chi connectivity index (χ2v) is 5.44. The Morgan fingerprint density at radius 1 is 1.52 bits per heavy atom. The number of ether oxygens (including phenoxy) is 1. The summed E-state index contributed by atoms with van der Waals surface area (Å²) in [6.45, 7) is 6.27. The van der Waals surface area contributed by atoms with Gasteiger partial charge in [0.2, 0.25) is 0 Å². The van der Waals surface area contributed by atoms with Gasteiger partial charge in [0, 0.05) is 24.1 Å². The zero-order valence-corrected chi connectivity index (χ0v) is 12.4. The summed E-state index contributed by atoms with van der Waals surface area (Å²) in [6.07, 6.45) is 2.35. The first kappa shape index (κ1) is 13.9. The van der Waals surface area contributed by atoms with E-state index >= 15 is 0 Å². The molecule has 6 heteroatoms. The predicted molar refractivity (Wildman–Crippen MR) is 75.9 cm³/mol. The summed E-state index contributed by atoms with van der Waals surface area (Å²) in [5.41, 5.74) is 3.30. The van der Waals surface area contributed by atoms with Crippen molar-refractivity contribution in [1.29, 1.82) is 0 Å². The molecule has 2 aromatic heterocycles. The smallest absolute Gasteiger partial charge is 0.272 e. The zero-order chi connectivity index (χ0) is 15.0. The van der Waals surface area contributed by atoms with Gasteiger partial charge in [-0.1, -0.05) is 0 Å². The minimum Gasteiger partial charge on any atom is -0.469 e. The molecule has 1 aliphatic rings. The minimum absolute atomic E-state index is 0.0612. The second kappa shape index (κ2) is 5.37. The van der Waals surface area contributed by atoms with Crippen molar-refractivity contribution in [2.45, 2.75) is 45.9 Å². The number of carbonyl (C=O) groups excluding carboxylic acids is 1. The number of nitrogens with one attached hydrogen (secondary N) is 2. The molecule has 21 heavy (non-hydrogen) atoms. The summed E-state index contributed by atoms with van der Waals surface area (Å²) in [6, 6.07) is 1.85. The minimum atomic E-state index is -0.172. The maximum atomic E-state index is 12.3. The molecule has 1 amide bonds. The Morgan fingerprint density at radius 3 is 3.05 bits per heavy atom. The molecule has 0 aliphatic carbocycles. The molecule has 2 atom stereocenters. The molecular weight excluding hydrogens is 270 g/mol. The first-order valence-electron chi connectivity index (χ1n) is 7.10. The summed E-state index contributed by atoms with van der Waals surface area (Å²) in [5.74, 6) is 0.643. The summed E-state index contributed by atoms with van der Waals surface area (Å²) in [7, 11) is 0. The van der Waals surface area contributed by atoms with Crippen LogP contribution in [0.5, 0.6) is 0 Å². The van der Waals surface area contributed by atoms with Crippen molar-refractivity contribution in [3.05, 3.63) is 40.6 Å². The van der Waals surface area contributed by atoms with E-state index in [1.54, 1.807) is 6.26 Å². The summed E-state index contributed by atoms with van der Waals surface area (Å²) in [4.78, 5) is 12.3. The van der Waals surface area contributed by atoms with Crippen molar-refractivity contribution in [2.24, 2.45) is 0 Å². The lowest BCUT2D eigenvalue weighted by Crippen LogP contribution is -2.27. The molecule has 0 bridgehead atoms. The molecule has 2 aromatic rings. The van der Waals surface area contributed by atoms with E-state index in [1.807, 2.05) is 26.8 Å². The number of H-pyrrole nitrogens is 1. The molecule has 0 saturated carbocycles. The van der Waals surface area contributed by atoms with Crippen molar-refractivity contribution < 1.29 is 13.9 Å². The van der Waals surface area contributed by atoms with Gasteiger partial charge in [-0.05, 0) is 26.8 Å². The molecular formula is C15H19N3O3. The second-order valence-electron chi connectivity index (χ2n) is 5.44. The number of aryl methyl sites for hydroxylation is 1. The first-order chi connectivity index (χ1) is 10.1. The number of carbonyl (C=O) groups is 1. The number of fused-ring (bicyclic) bond motifs is 1. The summed E-state index contributed by atoms with van der Waals surface area (Å²) in [5, 5.41) is 9.98. The Balaban J connectivity index is 1.75. The Kier molecular flexibility index (Phi) is 3.55. The number of furan rings is 1. The molecule has 1 aliphatic heterocycles. The van der Waals surface area contributed by atoms with E-state index in [4.69, 9.17) is 9.15 Å². The van der Waals surface area contributed by atoms with Crippen molar-refractivity contribution in [2.75, 3.05) is 0 Å². The highest BCUT2D eigenvalue weighted by atomic mass is 16.5. The number of hydrogen-bond acceptors (Lipinski definition) is 4. The fourth-order valence-corrected chi connectivity index (χ4v) is 2.72. The van der Waals surface area contributed by atoms with Crippen LogP contribution in [-0.4, -0.2) is 22.2 Å². The maximum Gasteiger partial charge on any atom is 0.272 e. The van der Waals surface area contributed by atoms with Gasteiger partial charge in [0.25, 0.3) is 5.91 Å². The predicted octanol–water partition coefficient (Wildman–Crippen LogP) is 2.26. The normalized spacial score (nSPS) is 21.1. The van der Waals surface area contributed by atoms with E-state index in [0.29, 0.717) is 18.7 Å². The number of nitrogens with zero attached hydrogens (tertiary/aromatic N) is 1. The van der Waals surface area contributed by atoms with Gasteiger partial charge in [0.05, 0.1) is 24.2 Å². The quantitative estimate of drug-likeness (QED) is 0.908. The Labute approximate surface area is 122 Å². The van der Waals surface area contributed by atoms with Gasteiger partial charge >= 0.3 is 0 Å². The summed E-state index contributed by atoms with van der Waals surface area (Å²) < 4.78 is 10.9. The number of rotatable bonds is 3. The van der Waals surface area contributed by atoms with E-state index in [2.05, 4.69) is 15.5 Å². The lowest BCUT2D eigenvalue weighted by atomic mass is 9.99. The van der Waals surface area contributed by atoms with Crippen LogP contribution in [0.2, 0.25) is 0 Å². The number of aromatic amines is 1. The number of aromatic nitrogens is 2. The Morgan fingerprint density at radius 2 is 2.33 bits per heavy atom. The third-order valence-electron chi connectivity index (χ3n) is 3.85. The highest BCUT2D eigenvalue weighted by Gasteiger charge is 2.29. The topological polar surface area (TPSA) is 80.2 Å². The molecule has 0 spiro atoms. The molecule has 0 saturated heterocycles. The fraction of sp³-hybridized carbons (Fsp3) is 0.467. The van der Waals surface area contributed by atoms with Gasteiger partial charge in [-0.2, -0.15) is 5.10 Å². The number of hydrogen-bond donors (Lipinski definition) is 2. The van der Waals surface area contributed by atoms with Gasteiger partial charge in [0.15, 0.2) is 5.69 Å². The van der Waals surface area contributed by atoms with Gasteiger partial charge in [-0.25, -0.2) is 0 Å². The molecule has 6 nitrogen and oxygen atoms in total. The van der Waals surface area contributed by atoms with Crippen LogP contribution in [-0.2, 0) is 17.7 Å². The van der Waals surface area contributed by atoms with Crippen LogP contribution in [0.25, 0.3) is 0 Å². The molecule has 0 unspecified atom stereocenters. The molecule has 0 aromatic carbocycles. The van der Waals surface area contributed by atoms with E-state index < -0.39 is 0 Å². The molecule has 0 radical (unpaired) electrons. The van der Waals surface area contributed by atoms with Crippen LogP contribution < -0.4 is 5.32 Å². The number of amides is 1. The molecule has 2 N–H and O–H groups in total. The van der Waals surface area contributed by atoms with E-state index in [1.165, 1.54) is 0 Å². The van der Waals surface area contributed by atoms with Gasteiger partial charge in [0.1, 0.15) is 5.76 Å². The largest absolute Gasteiger partial charge is 0.469 e. The molecule has 112 valence electrons. The van der Waals surface area contributed by atoms with Crippen molar-refractivity contribution in [3.63, 3.8) is 0 Å². The van der Waals surface area contributed by atoms with Crippen molar-refractivity contribution in [1.82, 2.24) is 15.5 Å². The third kappa shape index (κ3) is 2.58. The van der Waals surface area contributed by atoms with Crippen LogP contribution >= 0.6 is 0 Å². The average molecular weight is 289 g/mol. The van der Waals surface area contributed by atoms with Gasteiger partial charge in [-0.3, -0.25) is 9.89 Å². The van der Waals surface area contributed by atoms with Gasteiger partial charge < -0.3 is 14.5 Å². The third-order valence-corrected chi connectivity index (χ3v) is 3.85. The Hall–Kier alpha value is -2.08. The lowest BCUT2D eigenvalue weighted by molar-refractivity contribution is -0.00697. The standard InChI is InChI=1S/C15H19N3O3/c1-8-6-12-13(10(3)21-8)17-18-14(12)15(19)16-7-11-4-5-20-9(11)2/h4-5,8,10H,6-7H2,1-3H3,(H,16,19)(H,17,18)/t8-,10+/m1/s1. The van der Waals surface area contributed by atoms with Crippen LogP contribution in [0.15, 0.2) is 16.7 Å². The maximum absolute atomic E-state index is 12.3. The van der Waals surface area contributed by atoms with Crippen molar-refractivity contribution in [3.8, 4) is 0 Å². The van der Waals surface area contributed by atoms with Crippen LogP contribution in [0.1, 0.15) is 53.0 Å².